The lowest BCUT2D eigenvalue weighted by atomic mass is 9.69. The first-order valence-corrected chi connectivity index (χ1v) is 8.36. The van der Waals surface area contributed by atoms with Crippen molar-refractivity contribution < 1.29 is 28.9 Å². The Labute approximate surface area is 141 Å². The standard InChI is InChI=1S/C17H25NO6/c1-16-11(9-12(22-2)24-16)14(20)18-17(16,15(21)23-3)13(19)10-7-5-4-6-8-10/h5,7,10-13,19H,4,6,8-9H2,1-3H3,(H,18,20)/t10?,11-,12+,13?,16-,17-/m0/s1. The number of hydrogen-bond acceptors (Lipinski definition) is 6. The summed E-state index contributed by atoms with van der Waals surface area (Å²) in [6.07, 6.45) is 5.11. The lowest BCUT2D eigenvalue weighted by Gasteiger charge is -2.44. The van der Waals surface area contributed by atoms with Crippen molar-refractivity contribution in [2.45, 2.75) is 56.1 Å². The Kier molecular flexibility index (Phi) is 4.44. The van der Waals surface area contributed by atoms with Crippen molar-refractivity contribution >= 4 is 11.9 Å². The number of ether oxygens (including phenoxy) is 3. The number of methoxy groups -OCH3 is 2. The van der Waals surface area contributed by atoms with E-state index in [0.29, 0.717) is 6.42 Å². The average molecular weight is 339 g/mol. The van der Waals surface area contributed by atoms with Crippen molar-refractivity contribution in [1.29, 1.82) is 0 Å². The van der Waals surface area contributed by atoms with Crippen molar-refractivity contribution in [3.05, 3.63) is 12.2 Å². The number of carbonyl (C=O) groups is 2. The molecule has 1 amide bonds. The molecule has 0 bridgehead atoms. The maximum atomic E-state index is 12.8. The normalized spacial score (nSPS) is 42.5. The van der Waals surface area contributed by atoms with Gasteiger partial charge in [-0.15, -0.1) is 0 Å². The largest absolute Gasteiger partial charge is 0.467 e. The molecule has 0 saturated carbocycles. The monoisotopic (exact) mass is 339 g/mol. The van der Waals surface area contributed by atoms with E-state index < -0.39 is 35.4 Å². The van der Waals surface area contributed by atoms with Crippen LogP contribution in [0.2, 0.25) is 0 Å². The van der Waals surface area contributed by atoms with Crippen LogP contribution < -0.4 is 5.32 Å². The third-order valence-electron chi connectivity index (χ3n) is 5.80. The van der Waals surface area contributed by atoms with Gasteiger partial charge in [-0.25, -0.2) is 4.79 Å². The van der Waals surface area contributed by atoms with Crippen LogP contribution in [-0.4, -0.2) is 54.7 Å². The Bertz CT molecular complexity index is 563. The summed E-state index contributed by atoms with van der Waals surface area (Å²) in [5, 5.41) is 13.9. The summed E-state index contributed by atoms with van der Waals surface area (Å²) in [5.74, 6) is -1.84. The minimum Gasteiger partial charge on any atom is -0.467 e. The summed E-state index contributed by atoms with van der Waals surface area (Å²) in [7, 11) is 2.74. The Morgan fingerprint density at radius 3 is 2.83 bits per heavy atom. The van der Waals surface area contributed by atoms with Gasteiger partial charge in [0.05, 0.1) is 19.1 Å². The number of aliphatic hydroxyl groups is 1. The molecule has 2 heterocycles. The van der Waals surface area contributed by atoms with Crippen LogP contribution in [0.15, 0.2) is 12.2 Å². The molecular formula is C17H25NO6. The number of rotatable bonds is 4. The van der Waals surface area contributed by atoms with Gasteiger partial charge in [-0.05, 0) is 26.2 Å². The third-order valence-corrected chi connectivity index (χ3v) is 5.80. The van der Waals surface area contributed by atoms with Crippen LogP contribution >= 0.6 is 0 Å². The van der Waals surface area contributed by atoms with Crippen LogP contribution in [0, 0.1) is 11.8 Å². The van der Waals surface area contributed by atoms with Crippen molar-refractivity contribution in [3.8, 4) is 0 Å². The van der Waals surface area contributed by atoms with Gasteiger partial charge in [-0.3, -0.25) is 4.79 Å². The van der Waals surface area contributed by atoms with E-state index in [0.717, 1.165) is 19.3 Å². The second-order valence-electron chi connectivity index (χ2n) is 6.94. The molecule has 3 rings (SSSR count). The average Bonchev–Trinajstić information content (AvgIpc) is 3.06. The van der Waals surface area contributed by atoms with Crippen LogP contribution in [0.5, 0.6) is 0 Å². The predicted molar refractivity (Wildman–Crippen MR) is 83.8 cm³/mol. The molecule has 134 valence electrons. The molecule has 7 heteroatoms. The van der Waals surface area contributed by atoms with E-state index in [-0.39, 0.29) is 11.8 Å². The highest BCUT2D eigenvalue weighted by Gasteiger charge is 2.74. The lowest BCUT2D eigenvalue weighted by Crippen LogP contribution is -2.70. The molecule has 1 aliphatic carbocycles. The molecule has 0 aromatic heterocycles. The summed E-state index contributed by atoms with van der Waals surface area (Å²) in [6, 6.07) is 0. The van der Waals surface area contributed by atoms with Gasteiger partial charge < -0.3 is 24.6 Å². The molecule has 2 fully saturated rings. The molecule has 0 spiro atoms. The zero-order chi connectivity index (χ0) is 17.5. The Morgan fingerprint density at radius 1 is 1.50 bits per heavy atom. The maximum Gasteiger partial charge on any atom is 0.337 e. The maximum absolute atomic E-state index is 12.8. The third kappa shape index (κ3) is 2.22. The van der Waals surface area contributed by atoms with E-state index in [4.69, 9.17) is 14.2 Å². The molecule has 0 radical (unpaired) electrons. The van der Waals surface area contributed by atoms with Crippen molar-refractivity contribution in [3.63, 3.8) is 0 Å². The minimum absolute atomic E-state index is 0.251. The second-order valence-corrected chi connectivity index (χ2v) is 6.94. The van der Waals surface area contributed by atoms with Gasteiger partial charge in [0.15, 0.2) is 11.8 Å². The van der Waals surface area contributed by atoms with Gasteiger partial charge >= 0.3 is 5.97 Å². The van der Waals surface area contributed by atoms with Crippen LogP contribution in [0.4, 0.5) is 0 Å². The number of fused-ring (bicyclic) bond motifs is 1. The van der Waals surface area contributed by atoms with E-state index in [9.17, 15) is 14.7 Å². The van der Waals surface area contributed by atoms with Crippen molar-refractivity contribution in [2.75, 3.05) is 14.2 Å². The van der Waals surface area contributed by atoms with E-state index >= 15 is 0 Å². The molecule has 0 aromatic carbocycles. The summed E-state index contributed by atoms with van der Waals surface area (Å²) in [4.78, 5) is 25.3. The van der Waals surface area contributed by atoms with Gasteiger partial charge in [-0.1, -0.05) is 12.2 Å². The number of hydrogen-bond donors (Lipinski definition) is 2. The number of allylic oxidation sites excluding steroid dienone is 1. The molecule has 2 unspecified atom stereocenters. The van der Waals surface area contributed by atoms with Crippen molar-refractivity contribution in [2.24, 2.45) is 11.8 Å². The quantitative estimate of drug-likeness (QED) is 0.573. The molecule has 3 aliphatic rings. The minimum atomic E-state index is -1.65. The first-order valence-electron chi connectivity index (χ1n) is 8.36. The van der Waals surface area contributed by atoms with E-state index in [1.54, 1.807) is 6.92 Å². The van der Waals surface area contributed by atoms with E-state index in [1.165, 1.54) is 14.2 Å². The highest BCUT2D eigenvalue weighted by atomic mass is 16.7. The lowest BCUT2D eigenvalue weighted by molar-refractivity contribution is -0.204. The highest BCUT2D eigenvalue weighted by molar-refractivity contribution is 5.97. The Hall–Kier alpha value is -1.44. The number of esters is 1. The van der Waals surface area contributed by atoms with Crippen molar-refractivity contribution in [1.82, 2.24) is 5.32 Å². The second kappa shape index (κ2) is 6.13. The number of amides is 1. The fraction of sp³-hybridized carbons (Fsp3) is 0.765. The molecule has 2 saturated heterocycles. The molecule has 24 heavy (non-hydrogen) atoms. The summed E-state index contributed by atoms with van der Waals surface area (Å²) in [6.45, 7) is 1.68. The molecule has 0 aromatic rings. The fourth-order valence-electron chi connectivity index (χ4n) is 4.42. The highest BCUT2D eigenvalue weighted by Crippen LogP contribution is 2.51. The van der Waals surface area contributed by atoms with Gasteiger partial charge in [0.25, 0.3) is 0 Å². The number of aliphatic hydroxyl groups excluding tert-OH is 1. The van der Waals surface area contributed by atoms with Crippen LogP contribution in [0.1, 0.15) is 32.6 Å². The SMILES string of the molecule is COC(=O)[C@]1(C(O)C2C=CCCC2)NC(=O)[C@@H]2C[C@H](OC)O[C@@]21C. The summed E-state index contributed by atoms with van der Waals surface area (Å²) < 4.78 is 16.2. The van der Waals surface area contributed by atoms with Gasteiger partial charge in [-0.2, -0.15) is 0 Å². The molecule has 7 nitrogen and oxygen atoms in total. The first kappa shape index (κ1) is 17.4. The van der Waals surface area contributed by atoms with Crippen LogP contribution in [0.25, 0.3) is 0 Å². The molecule has 2 aliphatic heterocycles. The Balaban J connectivity index is 2.05. The fourth-order valence-corrected chi connectivity index (χ4v) is 4.42. The number of carbonyl (C=O) groups excluding carboxylic acids is 2. The van der Waals surface area contributed by atoms with E-state index in [2.05, 4.69) is 5.32 Å². The van der Waals surface area contributed by atoms with Crippen LogP contribution in [-0.2, 0) is 23.8 Å². The molecule has 6 atom stereocenters. The Morgan fingerprint density at radius 2 is 2.25 bits per heavy atom. The molecule has 2 N–H and O–H groups in total. The van der Waals surface area contributed by atoms with Gasteiger partial charge in [0.1, 0.15) is 5.60 Å². The van der Waals surface area contributed by atoms with Crippen LogP contribution in [0.3, 0.4) is 0 Å². The van der Waals surface area contributed by atoms with Gasteiger partial charge in [0, 0.05) is 19.4 Å². The van der Waals surface area contributed by atoms with E-state index in [1.807, 2.05) is 12.2 Å². The zero-order valence-electron chi connectivity index (χ0n) is 14.3. The number of nitrogens with one attached hydrogen (secondary N) is 1. The first-order chi connectivity index (χ1) is 11.4. The molecular weight excluding hydrogens is 314 g/mol. The summed E-state index contributed by atoms with van der Waals surface area (Å²) in [5.41, 5.74) is -2.88. The van der Waals surface area contributed by atoms with Gasteiger partial charge in [0.2, 0.25) is 5.91 Å². The topological polar surface area (TPSA) is 94.1 Å². The summed E-state index contributed by atoms with van der Waals surface area (Å²) >= 11 is 0. The zero-order valence-corrected chi connectivity index (χ0v) is 14.3. The predicted octanol–water partition coefficient (Wildman–Crippen LogP) is 0.513. The smallest absolute Gasteiger partial charge is 0.337 e.